The van der Waals surface area contributed by atoms with Crippen LogP contribution in [0.25, 0.3) is 0 Å². The largest absolute Gasteiger partial charge is 0.340 e. The maximum Gasteiger partial charge on any atom is 0.227 e. The van der Waals surface area contributed by atoms with E-state index in [4.69, 9.17) is 0 Å². The van der Waals surface area contributed by atoms with Crippen LogP contribution in [0.15, 0.2) is 24.3 Å². The average molecular weight is 301 g/mol. The first-order valence-corrected chi connectivity index (χ1v) is 8.60. The Morgan fingerprint density at radius 1 is 0.909 bits per heavy atom. The van der Waals surface area contributed by atoms with Gasteiger partial charge < -0.3 is 10.2 Å². The Hall–Kier alpha value is -1.39. The highest BCUT2D eigenvalue weighted by Crippen LogP contribution is 2.14. The van der Waals surface area contributed by atoms with Crippen molar-refractivity contribution in [2.75, 3.05) is 39.3 Å². The van der Waals surface area contributed by atoms with Crippen molar-refractivity contribution in [3.8, 4) is 0 Å². The van der Waals surface area contributed by atoms with Gasteiger partial charge in [-0.05, 0) is 37.1 Å². The minimum atomic E-state index is 0.255. The van der Waals surface area contributed by atoms with Crippen LogP contribution in [0.3, 0.4) is 0 Å². The second-order valence-electron chi connectivity index (χ2n) is 6.46. The normalized spacial score (nSPS) is 20.1. The van der Waals surface area contributed by atoms with Gasteiger partial charge in [-0.2, -0.15) is 0 Å². The van der Waals surface area contributed by atoms with Crippen LogP contribution in [0.4, 0.5) is 0 Å². The number of piperidine rings is 1. The standard InChI is InChI=1S/C18H27N3O/c22-18(21-12-8-19-9-13-21)14-16-4-6-17(7-5-16)15-20-10-2-1-3-11-20/h4-7,19H,1-3,8-15H2. The van der Waals surface area contributed by atoms with Gasteiger partial charge in [-0.1, -0.05) is 30.7 Å². The number of amides is 1. The van der Waals surface area contributed by atoms with Crippen LogP contribution in [0.5, 0.6) is 0 Å². The summed E-state index contributed by atoms with van der Waals surface area (Å²) in [6.45, 7) is 7.01. The molecule has 2 aliphatic rings. The molecule has 0 aliphatic carbocycles. The van der Waals surface area contributed by atoms with Gasteiger partial charge in [0.1, 0.15) is 0 Å². The third-order valence-corrected chi connectivity index (χ3v) is 4.70. The monoisotopic (exact) mass is 301 g/mol. The van der Waals surface area contributed by atoms with E-state index < -0.39 is 0 Å². The smallest absolute Gasteiger partial charge is 0.227 e. The van der Waals surface area contributed by atoms with Gasteiger partial charge in [0.2, 0.25) is 5.91 Å². The molecule has 1 amide bonds. The van der Waals surface area contributed by atoms with Crippen molar-refractivity contribution in [2.24, 2.45) is 0 Å². The maximum absolute atomic E-state index is 12.3. The molecule has 0 unspecified atom stereocenters. The Morgan fingerprint density at radius 2 is 1.55 bits per heavy atom. The van der Waals surface area contributed by atoms with E-state index in [0.29, 0.717) is 6.42 Å². The van der Waals surface area contributed by atoms with E-state index in [9.17, 15) is 4.79 Å². The highest BCUT2D eigenvalue weighted by molar-refractivity contribution is 5.78. The lowest BCUT2D eigenvalue weighted by Crippen LogP contribution is -2.46. The molecular formula is C18H27N3O. The number of likely N-dealkylation sites (tertiary alicyclic amines) is 1. The second-order valence-corrected chi connectivity index (χ2v) is 6.46. The molecule has 2 saturated heterocycles. The number of benzene rings is 1. The van der Waals surface area contributed by atoms with Crippen molar-refractivity contribution in [3.05, 3.63) is 35.4 Å². The van der Waals surface area contributed by atoms with E-state index in [-0.39, 0.29) is 5.91 Å². The fraction of sp³-hybridized carbons (Fsp3) is 0.611. The molecule has 120 valence electrons. The molecule has 4 nitrogen and oxygen atoms in total. The zero-order valence-corrected chi connectivity index (χ0v) is 13.4. The summed E-state index contributed by atoms with van der Waals surface area (Å²) in [5, 5.41) is 3.28. The molecule has 0 spiro atoms. The van der Waals surface area contributed by atoms with E-state index >= 15 is 0 Å². The Labute approximate surface area is 133 Å². The van der Waals surface area contributed by atoms with Crippen molar-refractivity contribution in [1.29, 1.82) is 0 Å². The van der Waals surface area contributed by atoms with Crippen molar-refractivity contribution in [2.45, 2.75) is 32.2 Å². The molecule has 2 aliphatic heterocycles. The van der Waals surface area contributed by atoms with Gasteiger partial charge in [0.05, 0.1) is 6.42 Å². The predicted octanol–water partition coefficient (Wildman–Crippen LogP) is 1.65. The fourth-order valence-corrected chi connectivity index (χ4v) is 3.34. The highest BCUT2D eigenvalue weighted by Gasteiger charge is 2.16. The van der Waals surface area contributed by atoms with Crippen LogP contribution < -0.4 is 5.32 Å². The Morgan fingerprint density at radius 3 is 2.23 bits per heavy atom. The summed E-state index contributed by atoms with van der Waals surface area (Å²) >= 11 is 0. The third kappa shape index (κ3) is 4.31. The first kappa shape index (κ1) is 15.5. The summed E-state index contributed by atoms with van der Waals surface area (Å²) in [6.07, 6.45) is 4.57. The topological polar surface area (TPSA) is 35.6 Å². The van der Waals surface area contributed by atoms with Crippen molar-refractivity contribution >= 4 is 5.91 Å². The first-order chi connectivity index (χ1) is 10.8. The number of hydrogen-bond acceptors (Lipinski definition) is 3. The lowest BCUT2D eigenvalue weighted by atomic mass is 10.1. The molecule has 3 rings (SSSR count). The molecule has 0 bridgehead atoms. The number of rotatable bonds is 4. The van der Waals surface area contributed by atoms with E-state index in [2.05, 4.69) is 34.5 Å². The summed E-state index contributed by atoms with van der Waals surface area (Å²) in [7, 11) is 0. The molecule has 0 atom stereocenters. The van der Waals surface area contributed by atoms with Crippen molar-refractivity contribution in [3.63, 3.8) is 0 Å². The Balaban J connectivity index is 1.51. The lowest BCUT2D eigenvalue weighted by molar-refractivity contribution is -0.131. The summed E-state index contributed by atoms with van der Waals surface area (Å²) < 4.78 is 0. The molecule has 0 aromatic heterocycles. The van der Waals surface area contributed by atoms with Gasteiger partial charge in [0.15, 0.2) is 0 Å². The van der Waals surface area contributed by atoms with Crippen LogP contribution in [0.2, 0.25) is 0 Å². The van der Waals surface area contributed by atoms with Crippen LogP contribution in [-0.4, -0.2) is 55.0 Å². The quantitative estimate of drug-likeness (QED) is 0.918. The van der Waals surface area contributed by atoms with Crippen molar-refractivity contribution in [1.82, 2.24) is 15.1 Å². The van der Waals surface area contributed by atoms with Gasteiger partial charge in [0.25, 0.3) is 0 Å². The SMILES string of the molecule is O=C(Cc1ccc(CN2CCCCC2)cc1)N1CCNCC1. The zero-order chi connectivity index (χ0) is 15.2. The first-order valence-electron chi connectivity index (χ1n) is 8.60. The number of carbonyl (C=O) groups excluding carboxylic acids is 1. The minimum absolute atomic E-state index is 0.255. The number of hydrogen-bond donors (Lipinski definition) is 1. The molecule has 1 N–H and O–H groups in total. The molecule has 22 heavy (non-hydrogen) atoms. The average Bonchev–Trinajstić information content (AvgIpc) is 2.58. The molecule has 4 heteroatoms. The lowest BCUT2D eigenvalue weighted by Gasteiger charge is -2.27. The minimum Gasteiger partial charge on any atom is -0.340 e. The highest BCUT2D eigenvalue weighted by atomic mass is 16.2. The van der Waals surface area contributed by atoms with Crippen LogP contribution in [0, 0.1) is 0 Å². The molecule has 1 aromatic carbocycles. The molecule has 0 radical (unpaired) electrons. The van der Waals surface area contributed by atoms with Gasteiger partial charge in [-0.15, -0.1) is 0 Å². The number of piperazine rings is 1. The van der Waals surface area contributed by atoms with E-state index in [1.54, 1.807) is 0 Å². The molecule has 1 aromatic rings. The van der Waals surface area contributed by atoms with Gasteiger partial charge in [0, 0.05) is 32.7 Å². The van der Waals surface area contributed by atoms with E-state index in [0.717, 1.165) is 38.3 Å². The molecular weight excluding hydrogens is 274 g/mol. The molecule has 2 fully saturated rings. The fourth-order valence-electron chi connectivity index (χ4n) is 3.34. The summed E-state index contributed by atoms with van der Waals surface area (Å²) in [5.41, 5.74) is 2.49. The van der Waals surface area contributed by atoms with Gasteiger partial charge >= 0.3 is 0 Å². The Bertz CT molecular complexity index is 474. The maximum atomic E-state index is 12.3. The summed E-state index contributed by atoms with van der Waals surface area (Å²) in [5.74, 6) is 0.255. The molecule has 0 saturated carbocycles. The molecule has 2 heterocycles. The third-order valence-electron chi connectivity index (χ3n) is 4.70. The van der Waals surface area contributed by atoms with Crippen LogP contribution >= 0.6 is 0 Å². The van der Waals surface area contributed by atoms with Gasteiger partial charge in [-0.25, -0.2) is 0 Å². The number of nitrogens with zero attached hydrogens (tertiary/aromatic N) is 2. The number of carbonyl (C=O) groups is 1. The van der Waals surface area contributed by atoms with E-state index in [1.807, 2.05) is 4.90 Å². The van der Waals surface area contributed by atoms with E-state index in [1.165, 1.54) is 37.9 Å². The van der Waals surface area contributed by atoms with Crippen molar-refractivity contribution < 1.29 is 4.79 Å². The van der Waals surface area contributed by atoms with Gasteiger partial charge in [-0.3, -0.25) is 9.69 Å². The summed E-state index contributed by atoms with van der Waals surface area (Å²) in [6, 6.07) is 8.63. The van der Waals surface area contributed by atoms with Crippen LogP contribution in [0.1, 0.15) is 30.4 Å². The zero-order valence-electron chi connectivity index (χ0n) is 13.4. The number of nitrogens with one attached hydrogen (secondary N) is 1. The van der Waals surface area contributed by atoms with Crippen LogP contribution in [-0.2, 0) is 17.8 Å². The predicted molar refractivity (Wildman–Crippen MR) is 88.7 cm³/mol. The second kappa shape index (κ2) is 7.75. The summed E-state index contributed by atoms with van der Waals surface area (Å²) in [4.78, 5) is 16.8. The Kier molecular flexibility index (Phi) is 5.46.